The zero-order chi connectivity index (χ0) is 13.6. The number of ether oxygens (including phenoxy) is 1. The summed E-state index contributed by atoms with van der Waals surface area (Å²) >= 11 is 0. The third-order valence-corrected chi connectivity index (χ3v) is 3.68. The van der Waals surface area contributed by atoms with Gasteiger partial charge in [-0.25, -0.2) is 9.97 Å². The van der Waals surface area contributed by atoms with Crippen LogP contribution in [0.2, 0.25) is 0 Å². The Balaban J connectivity index is 2.04. The minimum absolute atomic E-state index is 0.149. The quantitative estimate of drug-likeness (QED) is 0.699. The Labute approximate surface area is 109 Å². The highest BCUT2D eigenvalue weighted by molar-refractivity contribution is 5.86. The lowest BCUT2D eigenvalue weighted by Gasteiger charge is -2.18. The lowest BCUT2D eigenvalue weighted by atomic mass is 10.0. The van der Waals surface area contributed by atoms with Gasteiger partial charge < -0.3 is 25.3 Å². The molecule has 0 aromatic carbocycles. The van der Waals surface area contributed by atoms with E-state index < -0.39 is 12.2 Å². The van der Waals surface area contributed by atoms with Crippen molar-refractivity contribution >= 4 is 16.9 Å². The van der Waals surface area contributed by atoms with Crippen molar-refractivity contribution in [3.05, 3.63) is 18.6 Å². The molecule has 2 aromatic rings. The average molecular weight is 264 g/mol. The van der Waals surface area contributed by atoms with Crippen LogP contribution < -0.4 is 5.73 Å². The second kappa shape index (κ2) is 4.44. The molecule has 19 heavy (non-hydrogen) atoms. The highest BCUT2D eigenvalue weighted by Gasteiger charge is 2.41. The lowest BCUT2D eigenvalue weighted by Crippen LogP contribution is -2.28. The van der Waals surface area contributed by atoms with Crippen molar-refractivity contribution < 1.29 is 14.9 Å². The summed E-state index contributed by atoms with van der Waals surface area (Å²) in [7, 11) is 0. The first-order valence-corrected chi connectivity index (χ1v) is 6.15. The van der Waals surface area contributed by atoms with Crippen LogP contribution in [-0.4, -0.2) is 43.6 Å². The van der Waals surface area contributed by atoms with Crippen molar-refractivity contribution in [1.82, 2.24) is 14.5 Å². The predicted molar refractivity (Wildman–Crippen MR) is 68.1 cm³/mol. The highest BCUT2D eigenvalue weighted by Crippen LogP contribution is 2.36. The van der Waals surface area contributed by atoms with Crippen molar-refractivity contribution in [2.45, 2.75) is 25.4 Å². The van der Waals surface area contributed by atoms with Gasteiger partial charge >= 0.3 is 0 Å². The first kappa shape index (κ1) is 12.3. The Bertz CT molecular complexity index is 600. The molecule has 7 heteroatoms. The van der Waals surface area contributed by atoms with Gasteiger partial charge in [-0.1, -0.05) is 6.92 Å². The zero-order valence-corrected chi connectivity index (χ0v) is 10.5. The Morgan fingerprint density at radius 1 is 1.47 bits per heavy atom. The van der Waals surface area contributed by atoms with Gasteiger partial charge in [0.05, 0.1) is 18.1 Å². The number of fused-ring (bicyclic) bond motifs is 1. The molecule has 102 valence electrons. The molecule has 2 aromatic heterocycles. The van der Waals surface area contributed by atoms with Gasteiger partial charge in [0.2, 0.25) is 0 Å². The minimum atomic E-state index is -0.702. The third-order valence-electron chi connectivity index (χ3n) is 3.68. The molecule has 4 atom stereocenters. The van der Waals surface area contributed by atoms with Gasteiger partial charge in [-0.3, -0.25) is 0 Å². The number of anilines is 1. The topological polar surface area (TPSA) is 106 Å². The molecule has 1 fully saturated rings. The summed E-state index contributed by atoms with van der Waals surface area (Å²) in [5.74, 6) is 0.262. The van der Waals surface area contributed by atoms with Gasteiger partial charge in [0.25, 0.3) is 0 Å². The van der Waals surface area contributed by atoms with Crippen molar-refractivity contribution in [2.75, 3.05) is 12.3 Å². The van der Waals surface area contributed by atoms with Gasteiger partial charge in [-0.05, 0) is 6.07 Å². The molecule has 1 saturated heterocycles. The van der Waals surface area contributed by atoms with E-state index in [9.17, 15) is 10.2 Å². The number of nitrogens with zero attached hydrogens (tertiary/aromatic N) is 3. The number of nitrogens with two attached hydrogens (primary N) is 1. The molecule has 3 heterocycles. The second-order valence-corrected chi connectivity index (χ2v) is 4.82. The Hall–Kier alpha value is -1.70. The predicted octanol–water partition coefficient (Wildman–Crippen LogP) is -0.0998. The summed E-state index contributed by atoms with van der Waals surface area (Å²) in [5, 5.41) is 19.9. The molecular weight excluding hydrogens is 248 g/mol. The van der Waals surface area contributed by atoms with E-state index in [-0.39, 0.29) is 18.8 Å². The molecule has 0 bridgehead atoms. The SMILES string of the molecule is CC1C(O)[C@@H](CO)O[C@H]1n1ccc2c(N)ncnc21. The number of aliphatic hydroxyl groups excluding tert-OH is 2. The van der Waals surface area contributed by atoms with Crippen LogP contribution in [0, 0.1) is 5.92 Å². The van der Waals surface area contributed by atoms with Crippen LogP contribution in [0.15, 0.2) is 18.6 Å². The molecule has 0 saturated carbocycles. The van der Waals surface area contributed by atoms with Crippen LogP contribution in [-0.2, 0) is 4.74 Å². The van der Waals surface area contributed by atoms with E-state index in [0.717, 1.165) is 5.39 Å². The van der Waals surface area contributed by atoms with Gasteiger partial charge in [0.1, 0.15) is 30.1 Å². The number of hydrogen-bond donors (Lipinski definition) is 3. The highest BCUT2D eigenvalue weighted by atomic mass is 16.5. The molecule has 0 spiro atoms. The van der Waals surface area contributed by atoms with Gasteiger partial charge in [-0.2, -0.15) is 0 Å². The monoisotopic (exact) mass is 264 g/mol. The Morgan fingerprint density at radius 2 is 2.26 bits per heavy atom. The summed E-state index contributed by atoms with van der Waals surface area (Å²) in [6, 6.07) is 1.82. The molecule has 2 unspecified atom stereocenters. The summed E-state index contributed by atoms with van der Waals surface area (Å²) in [6.07, 6.45) is 1.55. The van der Waals surface area contributed by atoms with Crippen LogP contribution >= 0.6 is 0 Å². The number of aliphatic hydroxyl groups is 2. The standard InChI is InChI=1S/C12H16N4O3/c1-6-9(18)8(4-17)19-12(6)16-3-2-7-10(13)14-5-15-11(7)16/h2-3,5-6,8-9,12,17-18H,4H2,1H3,(H2,13,14,15)/t6?,8-,9?,12-/m1/s1. The molecule has 4 N–H and O–H groups in total. The second-order valence-electron chi connectivity index (χ2n) is 4.82. The average Bonchev–Trinajstić information content (AvgIpc) is 2.94. The normalized spacial score (nSPS) is 31.1. The summed E-state index contributed by atoms with van der Waals surface area (Å²) in [4.78, 5) is 8.14. The molecule has 0 amide bonds. The van der Waals surface area contributed by atoms with Gasteiger partial charge in [-0.15, -0.1) is 0 Å². The van der Waals surface area contributed by atoms with Crippen LogP contribution in [0.25, 0.3) is 11.0 Å². The molecule has 7 nitrogen and oxygen atoms in total. The number of rotatable bonds is 2. The summed E-state index contributed by atoms with van der Waals surface area (Å²) in [6.45, 7) is 1.67. The summed E-state index contributed by atoms with van der Waals surface area (Å²) in [5.41, 5.74) is 6.45. The number of nitrogen functional groups attached to an aromatic ring is 1. The van der Waals surface area contributed by atoms with E-state index in [1.807, 2.05) is 23.8 Å². The van der Waals surface area contributed by atoms with E-state index in [1.165, 1.54) is 6.33 Å². The maximum atomic E-state index is 10.00. The largest absolute Gasteiger partial charge is 0.394 e. The fourth-order valence-electron chi connectivity index (χ4n) is 2.56. The molecule has 1 aliphatic rings. The van der Waals surface area contributed by atoms with E-state index in [1.54, 1.807) is 0 Å². The molecule has 3 rings (SSSR count). The van der Waals surface area contributed by atoms with Crippen LogP contribution in [0.5, 0.6) is 0 Å². The van der Waals surface area contributed by atoms with Crippen molar-refractivity contribution in [3.8, 4) is 0 Å². The fraction of sp³-hybridized carbons (Fsp3) is 0.500. The molecular formula is C12H16N4O3. The first-order chi connectivity index (χ1) is 9.13. The lowest BCUT2D eigenvalue weighted by molar-refractivity contribution is -0.0445. The van der Waals surface area contributed by atoms with E-state index >= 15 is 0 Å². The van der Waals surface area contributed by atoms with Crippen molar-refractivity contribution in [1.29, 1.82) is 0 Å². The number of hydrogen-bond acceptors (Lipinski definition) is 6. The van der Waals surface area contributed by atoms with Crippen LogP contribution in [0.4, 0.5) is 5.82 Å². The fourth-order valence-corrected chi connectivity index (χ4v) is 2.56. The maximum absolute atomic E-state index is 10.00. The van der Waals surface area contributed by atoms with Crippen molar-refractivity contribution in [3.63, 3.8) is 0 Å². The van der Waals surface area contributed by atoms with Crippen LogP contribution in [0.1, 0.15) is 13.2 Å². The van der Waals surface area contributed by atoms with Gasteiger partial charge in [0, 0.05) is 12.1 Å². The van der Waals surface area contributed by atoms with E-state index in [4.69, 9.17) is 10.5 Å². The van der Waals surface area contributed by atoms with E-state index in [0.29, 0.717) is 11.5 Å². The Kier molecular flexibility index (Phi) is 2.89. The maximum Gasteiger partial charge on any atom is 0.147 e. The van der Waals surface area contributed by atoms with Gasteiger partial charge in [0.15, 0.2) is 0 Å². The van der Waals surface area contributed by atoms with E-state index in [2.05, 4.69) is 9.97 Å². The minimum Gasteiger partial charge on any atom is -0.394 e. The smallest absolute Gasteiger partial charge is 0.147 e. The van der Waals surface area contributed by atoms with Crippen molar-refractivity contribution in [2.24, 2.45) is 5.92 Å². The Morgan fingerprint density at radius 3 is 2.95 bits per heavy atom. The first-order valence-electron chi connectivity index (χ1n) is 6.15. The zero-order valence-electron chi connectivity index (χ0n) is 10.5. The molecule has 1 aliphatic heterocycles. The third kappa shape index (κ3) is 1.78. The number of aromatic nitrogens is 3. The summed E-state index contributed by atoms with van der Waals surface area (Å²) < 4.78 is 7.51. The van der Waals surface area contributed by atoms with Crippen LogP contribution in [0.3, 0.4) is 0 Å². The molecule has 0 aliphatic carbocycles. The molecule has 0 radical (unpaired) electrons.